The van der Waals surface area contributed by atoms with Crippen molar-refractivity contribution in [1.82, 2.24) is 4.98 Å². The van der Waals surface area contributed by atoms with Crippen molar-refractivity contribution < 1.29 is 23.1 Å². The number of benzene rings is 1. The van der Waals surface area contributed by atoms with Crippen LogP contribution in [0.1, 0.15) is 0 Å². The van der Waals surface area contributed by atoms with Crippen LogP contribution in [-0.4, -0.2) is 22.2 Å². The Hall–Kier alpha value is -2.51. The molecule has 0 unspecified atom stereocenters. The monoisotopic (exact) mass is 273 g/mol. The molecule has 0 aliphatic rings. The van der Waals surface area contributed by atoms with Crippen LogP contribution < -0.4 is 11.5 Å². The smallest absolute Gasteiger partial charge is 0.475 e. The van der Waals surface area contributed by atoms with Gasteiger partial charge < -0.3 is 16.6 Å². The molecule has 0 spiro atoms. The van der Waals surface area contributed by atoms with Gasteiger partial charge in [-0.15, -0.1) is 0 Å². The molecule has 19 heavy (non-hydrogen) atoms. The Balaban J connectivity index is 0.000000224. The van der Waals surface area contributed by atoms with Gasteiger partial charge in [0.05, 0.1) is 5.52 Å². The summed E-state index contributed by atoms with van der Waals surface area (Å²) in [6.45, 7) is 0. The van der Waals surface area contributed by atoms with E-state index in [4.69, 9.17) is 21.4 Å². The number of nitrogen functional groups attached to an aromatic ring is 2. The number of fused-ring (bicyclic) bond motifs is 1. The maximum atomic E-state index is 10.6. The molecular weight excluding hydrogens is 263 g/mol. The number of halogens is 3. The molecular formula is C11H10F3N3O2. The van der Waals surface area contributed by atoms with Crippen LogP contribution in [0, 0.1) is 0 Å². The number of para-hydroxylation sites is 1. The molecule has 102 valence electrons. The van der Waals surface area contributed by atoms with Crippen molar-refractivity contribution in [1.29, 1.82) is 0 Å². The summed E-state index contributed by atoms with van der Waals surface area (Å²) in [6.07, 6.45) is -5.08. The summed E-state index contributed by atoms with van der Waals surface area (Å²) in [5, 5.41) is 8.08. The van der Waals surface area contributed by atoms with E-state index in [0.717, 1.165) is 10.9 Å². The van der Waals surface area contributed by atoms with Crippen LogP contribution in [0.25, 0.3) is 10.9 Å². The lowest BCUT2D eigenvalue weighted by Gasteiger charge is -2.01. The fourth-order valence-electron chi connectivity index (χ4n) is 1.22. The van der Waals surface area contributed by atoms with Crippen LogP contribution in [-0.2, 0) is 4.79 Å². The summed E-state index contributed by atoms with van der Waals surface area (Å²) in [5.41, 5.74) is 12.8. The Labute approximate surface area is 105 Å². The van der Waals surface area contributed by atoms with E-state index in [0.29, 0.717) is 11.5 Å². The zero-order valence-electron chi connectivity index (χ0n) is 9.48. The predicted octanol–water partition coefficient (Wildman–Crippen LogP) is 2.03. The highest BCUT2D eigenvalue weighted by Crippen LogP contribution is 2.20. The minimum Gasteiger partial charge on any atom is -0.475 e. The van der Waals surface area contributed by atoms with E-state index in [1.807, 2.05) is 24.3 Å². The number of aliphatic carboxylic acids is 1. The van der Waals surface area contributed by atoms with E-state index in [1.165, 1.54) is 0 Å². The van der Waals surface area contributed by atoms with Crippen LogP contribution in [0.4, 0.5) is 24.7 Å². The first-order valence-electron chi connectivity index (χ1n) is 4.92. The van der Waals surface area contributed by atoms with Crippen molar-refractivity contribution in [2.45, 2.75) is 6.18 Å². The molecule has 0 bridgehead atoms. The highest BCUT2D eigenvalue weighted by molar-refractivity contribution is 5.91. The van der Waals surface area contributed by atoms with Crippen molar-refractivity contribution >= 4 is 28.4 Å². The van der Waals surface area contributed by atoms with Crippen LogP contribution in [0.5, 0.6) is 0 Å². The number of hydrogen-bond donors (Lipinski definition) is 3. The standard InChI is InChI=1S/C9H9N3.C2HF3O2/c10-7-5-9(11)12-8-4-2-1-3-6(7)8;3-2(4,5)1(6)7/h1-5H,(H4,10,11,12);(H,6,7). The molecule has 0 atom stereocenters. The first-order valence-corrected chi connectivity index (χ1v) is 4.92. The normalized spacial score (nSPS) is 10.7. The third-order valence-electron chi connectivity index (χ3n) is 2.01. The molecule has 0 amide bonds. The van der Waals surface area contributed by atoms with Crippen LogP contribution in [0.2, 0.25) is 0 Å². The van der Waals surface area contributed by atoms with Gasteiger partial charge in [-0.25, -0.2) is 9.78 Å². The molecule has 5 N–H and O–H groups in total. The molecule has 0 aliphatic heterocycles. The highest BCUT2D eigenvalue weighted by atomic mass is 19.4. The van der Waals surface area contributed by atoms with Gasteiger partial charge in [-0.2, -0.15) is 13.2 Å². The number of nitrogens with zero attached hydrogens (tertiary/aromatic N) is 1. The van der Waals surface area contributed by atoms with Crippen molar-refractivity contribution in [3.05, 3.63) is 30.3 Å². The maximum Gasteiger partial charge on any atom is 0.490 e. The molecule has 0 saturated heterocycles. The SMILES string of the molecule is Nc1cc(N)c2ccccc2n1.O=C(O)C(F)(F)F. The average molecular weight is 273 g/mol. The molecule has 1 heterocycles. The maximum absolute atomic E-state index is 10.6. The number of rotatable bonds is 0. The van der Waals surface area contributed by atoms with E-state index < -0.39 is 12.1 Å². The third-order valence-corrected chi connectivity index (χ3v) is 2.01. The van der Waals surface area contributed by atoms with E-state index in [9.17, 15) is 13.2 Å². The molecule has 0 aliphatic carbocycles. The fourth-order valence-corrected chi connectivity index (χ4v) is 1.22. The van der Waals surface area contributed by atoms with Crippen molar-refractivity contribution in [2.75, 3.05) is 11.5 Å². The first-order chi connectivity index (χ1) is 8.71. The lowest BCUT2D eigenvalue weighted by atomic mass is 10.2. The first kappa shape index (κ1) is 14.6. The zero-order valence-corrected chi connectivity index (χ0v) is 9.48. The van der Waals surface area contributed by atoms with Crippen LogP contribution >= 0.6 is 0 Å². The number of carboxylic acids is 1. The van der Waals surface area contributed by atoms with E-state index in [1.54, 1.807) is 6.07 Å². The van der Waals surface area contributed by atoms with E-state index in [-0.39, 0.29) is 0 Å². The summed E-state index contributed by atoms with van der Waals surface area (Å²) in [5.74, 6) is -2.29. The lowest BCUT2D eigenvalue weighted by molar-refractivity contribution is -0.192. The molecule has 2 rings (SSSR count). The third kappa shape index (κ3) is 4.02. The van der Waals surface area contributed by atoms with Crippen molar-refractivity contribution in [3.63, 3.8) is 0 Å². The van der Waals surface area contributed by atoms with Gasteiger partial charge in [0.2, 0.25) is 0 Å². The number of nitrogens with two attached hydrogens (primary N) is 2. The molecule has 0 saturated carbocycles. The Morgan fingerprint density at radius 1 is 1.21 bits per heavy atom. The molecule has 1 aromatic carbocycles. The number of pyridine rings is 1. The second-order valence-corrected chi connectivity index (χ2v) is 3.46. The van der Waals surface area contributed by atoms with Crippen molar-refractivity contribution in [3.8, 4) is 0 Å². The zero-order chi connectivity index (χ0) is 14.6. The Bertz CT molecular complexity index is 599. The van der Waals surface area contributed by atoms with Gasteiger partial charge in [0, 0.05) is 17.1 Å². The minimum absolute atomic E-state index is 0.464. The molecule has 8 heteroatoms. The van der Waals surface area contributed by atoms with Crippen molar-refractivity contribution in [2.24, 2.45) is 0 Å². The molecule has 0 radical (unpaired) electrons. The van der Waals surface area contributed by atoms with Gasteiger partial charge in [-0.05, 0) is 6.07 Å². The predicted molar refractivity (Wildman–Crippen MR) is 64.3 cm³/mol. The summed E-state index contributed by atoms with van der Waals surface area (Å²) >= 11 is 0. The second-order valence-electron chi connectivity index (χ2n) is 3.46. The molecule has 0 fully saturated rings. The lowest BCUT2D eigenvalue weighted by Crippen LogP contribution is -2.21. The van der Waals surface area contributed by atoms with Gasteiger partial charge in [-0.1, -0.05) is 18.2 Å². The van der Waals surface area contributed by atoms with Gasteiger partial charge in [0.1, 0.15) is 5.82 Å². The van der Waals surface area contributed by atoms with Gasteiger partial charge in [-0.3, -0.25) is 0 Å². The van der Waals surface area contributed by atoms with E-state index in [2.05, 4.69) is 4.98 Å². The van der Waals surface area contributed by atoms with Gasteiger partial charge in [0.25, 0.3) is 0 Å². The summed E-state index contributed by atoms with van der Waals surface area (Å²) in [7, 11) is 0. The summed E-state index contributed by atoms with van der Waals surface area (Å²) in [4.78, 5) is 13.0. The number of alkyl halides is 3. The average Bonchev–Trinajstić information content (AvgIpc) is 2.28. The topological polar surface area (TPSA) is 102 Å². The van der Waals surface area contributed by atoms with Gasteiger partial charge >= 0.3 is 12.1 Å². The Morgan fingerprint density at radius 3 is 2.26 bits per heavy atom. The number of carboxylic acid groups (broad SMARTS) is 1. The fraction of sp³-hybridized carbons (Fsp3) is 0.0909. The molecule has 1 aromatic heterocycles. The Kier molecular flexibility index (Phi) is 4.15. The highest BCUT2D eigenvalue weighted by Gasteiger charge is 2.38. The summed E-state index contributed by atoms with van der Waals surface area (Å²) in [6, 6.07) is 9.33. The minimum atomic E-state index is -5.08. The number of aromatic nitrogens is 1. The number of carbonyl (C=O) groups is 1. The molecule has 5 nitrogen and oxygen atoms in total. The largest absolute Gasteiger partial charge is 0.490 e. The summed E-state index contributed by atoms with van der Waals surface area (Å²) < 4.78 is 31.7. The molecule has 2 aromatic rings. The van der Waals surface area contributed by atoms with E-state index >= 15 is 0 Å². The van der Waals surface area contributed by atoms with Crippen LogP contribution in [0.3, 0.4) is 0 Å². The van der Waals surface area contributed by atoms with Gasteiger partial charge in [0.15, 0.2) is 0 Å². The number of anilines is 2. The second kappa shape index (κ2) is 5.42. The quantitative estimate of drug-likeness (QED) is 0.681. The van der Waals surface area contributed by atoms with Crippen LogP contribution in [0.15, 0.2) is 30.3 Å². The Morgan fingerprint density at radius 2 is 1.74 bits per heavy atom. The number of hydrogen-bond acceptors (Lipinski definition) is 4.